The Morgan fingerprint density at radius 1 is 1.27 bits per heavy atom. The van der Waals surface area contributed by atoms with Gasteiger partial charge in [0.15, 0.2) is 5.78 Å². The normalized spacial score (nSPS) is 15.4. The molecule has 0 atom stereocenters. The summed E-state index contributed by atoms with van der Waals surface area (Å²) < 4.78 is 0. The smallest absolute Gasteiger partial charge is 0.161 e. The fraction of sp³-hybridized carbons (Fsp3) is 0.308. The van der Waals surface area contributed by atoms with Gasteiger partial charge in [0, 0.05) is 24.3 Å². The second-order valence-corrected chi connectivity index (χ2v) is 3.78. The minimum Gasteiger partial charge on any atom is -0.367 e. The zero-order valence-electron chi connectivity index (χ0n) is 8.94. The standard InChI is InChI=1S/C13H15NO/c1-11(15)12-7-3-4-8-13(12)14-9-5-2-6-10-14/h2-5,7-8H,6,9-10H2,1H3. The van der Waals surface area contributed by atoms with E-state index in [0.29, 0.717) is 0 Å². The van der Waals surface area contributed by atoms with E-state index in [1.54, 1.807) is 6.92 Å². The van der Waals surface area contributed by atoms with E-state index >= 15 is 0 Å². The van der Waals surface area contributed by atoms with Gasteiger partial charge in [0.25, 0.3) is 0 Å². The van der Waals surface area contributed by atoms with Crippen molar-refractivity contribution < 1.29 is 4.79 Å². The molecule has 0 spiro atoms. The number of anilines is 1. The first kappa shape index (κ1) is 9.97. The molecule has 2 rings (SSSR count). The Morgan fingerprint density at radius 2 is 2.07 bits per heavy atom. The first-order chi connectivity index (χ1) is 7.29. The maximum Gasteiger partial charge on any atom is 0.161 e. The summed E-state index contributed by atoms with van der Waals surface area (Å²) in [6, 6.07) is 7.83. The number of Topliss-reactive ketones (excluding diaryl/α,β-unsaturated/α-hetero) is 1. The second kappa shape index (κ2) is 4.30. The fourth-order valence-electron chi connectivity index (χ4n) is 1.91. The van der Waals surface area contributed by atoms with Gasteiger partial charge in [0.1, 0.15) is 0 Å². The summed E-state index contributed by atoms with van der Waals surface area (Å²) in [4.78, 5) is 13.7. The molecule has 1 aliphatic rings. The van der Waals surface area contributed by atoms with Crippen LogP contribution in [0.15, 0.2) is 36.4 Å². The van der Waals surface area contributed by atoms with Gasteiger partial charge in [-0.25, -0.2) is 0 Å². The van der Waals surface area contributed by atoms with Crippen LogP contribution in [0.25, 0.3) is 0 Å². The van der Waals surface area contributed by atoms with Gasteiger partial charge in [0.2, 0.25) is 0 Å². The zero-order valence-corrected chi connectivity index (χ0v) is 8.94. The number of para-hydroxylation sites is 1. The highest BCUT2D eigenvalue weighted by Crippen LogP contribution is 2.22. The van der Waals surface area contributed by atoms with Crippen molar-refractivity contribution in [2.24, 2.45) is 0 Å². The summed E-state index contributed by atoms with van der Waals surface area (Å²) in [6.45, 7) is 3.53. The maximum absolute atomic E-state index is 11.5. The Morgan fingerprint density at radius 3 is 2.73 bits per heavy atom. The quantitative estimate of drug-likeness (QED) is 0.541. The minimum atomic E-state index is 0.139. The lowest BCUT2D eigenvalue weighted by atomic mass is 10.1. The molecule has 0 radical (unpaired) electrons. The van der Waals surface area contributed by atoms with Crippen molar-refractivity contribution in [2.45, 2.75) is 13.3 Å². The Labute approximate surface area is 90.2 Å². The van der Waals surface area contributed by atoms with Crippen LogP contribution in [-0.2, 0) is 0 Å². The van der Waals surface area contributed by atoms with Crippen molar-refractivity contribution in [3.63, 3.8) is 0 Å². The Bertz CT molecular complexity index is 395. The van der Waals surface area contributed by atoms with E-state index in [2.05, 4.69) is 17.1 Å². The number of ketones is 1. The molecule has 78 valence electrons. The van der Waals surface area contributed by atoms with Gasteiger partial charge in [-0.1, -0.05) is 24.3 Å². The number of carbonyl (C=O) groups excluding carboxylic acids is 1. The van der Waals surface area contributed by atoms with Crippen LogP contribution in [0.5, 0.6) is 0 Å². The summed E-state index contributed by atoms with van der Waals surface area (Å²) in [5.74, 6) is 0.139. The predicted molar refractivity (Wildman–Crippen MR) is 62.4 cm³/mol. The second-order valence-electron chi connectivity index (χ2n) is 3.78. The van der Waals surface area contributed by atoms with Gasteiger partial charge in [-0.05, 0) is 25.5 Å². The number of hydrogen-bond acceptors (Lipinski definition) is 2. The van der Waals surface area contributed by atoms with Crippen molar-refractivity contribution >= 4 is 11.5 Å². The topological polar surface area (TPSA) is 20.3 Å². The number of nitrogens with zero attached hydrogens (tertiary/aromatic N) is 1. The van der Waals surface area contributed by atoms with Gasteiger partial charge in [0.05, 0.1) is 0 Å². The third kappa shape index (κ3) is 2.09. The first-order valence-corrected chi connectivity index (χ1v) is 5.29. The molecule has 1 aromatic carbocycles. The van der Waals surface area contributed by atoms with E-state index < -0.39 is 0 Å². The molecule has 1 heterocycles. The van der Waals surface area contributed by atoms with Crippen LogP contribution in [-0.4, -0.2) is 18.9 Å². The molecule has 0 fully saturated rings. The number of rotatable bonds is 2. The third-order valence-electron chi connectivity index (χ3n) is 2.68. The Kier molecular flexibility index (Phi) is 2.86. The molecule has 1 aliphatic heterocycles. The molecule has 0 amide bonds. The molecule has 0 saturated heterocycles. The molecule has 0 aromatic heterocycles. The van der Waals surface area contributed by atoms with E-state index in [9.17, 15) is 4.79 Å². The summed E-state index contributed by atoms with van der Waals surface area (Å²) in [7, 11) is 0. The predicted octanol–water partition coefficient (Wildman–Crippen LogP) is 2.66. The molecular weight excluding hydrogens is 186 g/mol. The largest absolute Gasteiger partial charge is 0.367 e. The molecule has 0 N–H and O–H groups in total. The molecule has 15 heavy (non-hydrogen) atoms. The summed E-state index contributed by atoms with van der Waals surface area (Å²) in [5.41, 5.74) is 1.89. The first-order valence-electron chi connectivity index (χ1n) is 5.29. The van der Waals surface area contributed by atoms with Crippen molar-refractivity contribution in [3.8, 4) is 0 Å². The van der Waals surface area contributed by atoms with E-state index in [1.165, 1.54) is 0 Å². The van der Waals surface area contributed by atoms with E-state index in [-0.39, 0.29) is 5.78 Å². The summed E-state index contributed by atoms with van der Waals surface area (Å²) in [6.07, 6.45) is 5.40. The van der Waals surface area contributed by atoms with Crippen LogP contribution in [0.2, 0.25) is 0 Å². The van der Waals surface area contributed by atoms with Gasteiger partial charge in [-0.2, -0.15) is 0 Å². The van der Waals surface area contributed by atoms with Crippen LogP contribution in [0.4, 0.5) is 5.69 Å². The third-order valence-corrected chi connectivity index (χ3v) is 2.68. The molecule has 2 heteroatoms. The van der Waals surface area contributed by atoms with Gasteiger partial charge >= 0.3 is 0 Å². The molecule has 2 nitrogen and oxygen atoms in total. The molecule has 0 bridgehead atoms. The molecule has 0 aliphatic carbocycles. The van der Waals surface area contributed by atoms with E-state index in [1.807, 2.05) is 24.3 Å². The lowest BCUT2D eigenvalue weighted by molar-refractivity contribution is 0.101. The molecule has 0 saturated carbocycles. The monoisotopic (exact) mass is 201 g/mol. The highest BCUT2D eigenvalue weighted by molar-refractivity contribution is 5.99. The van der Waals surface area contributed by atoms with Crippen LogP contribution in [0.1, 0.15) is 23.7 Å². The van der Waals surface area contributed by atoms with Crippen molar-refractivity contribution in [2.75, 3.05) is 18.0 Å². The fourth-order valence-corrected chi connectivity index (χ4v) is 1.91. The average Bonchev–Trinajstić information content (AvgIpc) is 2.30. The van der Waals surface area contributed by atoms with Crippen molar-refractivity contribution in [1.29, 1.82) is 0 Å². The van der Waals surface area contributed by atoms with Crippen molar-refractivity contribution in [1.82, 2.24) is 0 Å². The van der Waals surface area contributed by atoms with Crippen LogP contribution in [0.3, 0.4) is 0 Å². The SMILES string of the molecule is CC(=O)c1ccccc1N1CC=CCC1. The summed E-state index contributed by atoms with van der Waals surface area (Å²) in [5, 5.41) is 0. The van der Waals surface area contributed by atoms with Crippen LogP contribution < -0.4 is 4.90 Å². The highest BCUT2D eigenvalue weighted by atomic mass is 16.1. The minimum absolute atomic E-state index is 0.139. The van der Waals surface area contributed by atoms with Crippen molar-refractivity contribution in [3.05, 3.63) is 42.0 Å². The van der Waals surface area contributed by atoms with E-state index in [4.69, 9.17) is 0 Å². The van der Waals surface area contributed by atoms with Crippen LogP contribution >= 0.6 is 0 Å². The lowest BCUT2D eigenvalue weighted by Crippen LogP contribution is -2.28. The zero-order chi connectivity index (χ0) is 10.7. The summed E-state index contributed by atoms with van der Waals surface area (Å²) >= 11 is 0. The molecular formula is C13H15NO. The number of hydrogen-bond donors (Lipinski definition) is 0. The number of benzene rings is 1. The van der Waals surface area contributed by atoms with Gasteiger partial charge < -0.3 is 4.90 Å². The van der Waals surface area contributed by atoms with Gasteiger partial charge in [-0.3, -0.25) is 4.79 Å². The van der Waals surface area contributed by atoms with Crippen LogP contribution in [0, 0.1) is 0 Å². The highest BCUT2D eigenvalue weighted by Gasteiger charge is 2.13. The van der Waals surface area contributed by atoms with Gasteiger partial charge in [-0.15, -0.1) is 0 Å². The number of carbonyl (C=O) groups is 1. The molecule has 0 unspecified atom stereocenters. The Balaban J connectivity index is 2.34. The Hall–Kier alpha value is -1.57. The lowest BCUT2D eigenvalue weighted by Gasteiger charge is -2.27. The maximum atomic E-state index is 11.5. The molecule has 1 aromatic rings. The van der Waals surface area contributed by atoms with E-state index in [0.717, 1.165) is 30.8 Å². The average molecular weight is 201 g/mol.